The predicted molar refractivity (Wildman–Crippen MR) is 169 cm³/mol. The number of imide groups is 1. The molecule has 0 spiro atoms. The molecule has 2 fully saturated rings. The molecular weight excluding hydrogens is 649 g/mol. The van der Waals surface area contributed by atoms with Crippen LogP contribution in [0.3, 0.4) is 0 Å². The Morgan fingerprint density at radius 1 is 1.06 bits per heavy atom. The number of rotatable bonds is 6. The molecule has 0 unspecified atom stereocenters. The van der Waals surface area contributed by atoms with E-state index >= 15 is 0 Å². The fourth-order valence-corrected chi connectivity index (χ4v) is 5.81. The van der Waals surface area contributed by atoms with Gasteiger partial charge in [-0.15, -0.1) is 0 Å². The first kappa shape index (κ1) is 31.8. The molecule has 7 rings (SSSR count). The molecule has 1 aromatic carbocycles. The summed E-state index contributed by atoms with van der Waals surface area (Å²) in [6.45, 7) is 4.85. The highest BCUT2D eigenvalue weighted by Crippen LogP contribution is 2.58. The van der Waals surface area contributed by atoms with Crippen LogP contribution in [0.5, 0.6) is 0 Å². The molecule has 17 heteroatoms. The minimum Gasteiger partial charge on any atom is -0.464 e. The lowest BCUT2D eigenvalue weighted by atomic mass is 9.98. The third-order valence-corrected chi connectivity index (χ3v) is 8.40. The van der Waals surface area contributed by atoms with Crippen LogP contribution in [0.25, 0.3) is 32.9 Å². The SMILES string of the molecule is CC(C)(C)OC(=O)N(C(=O)O)c1ncnc2c1c(-c1ccc(NC(=O)Nc3cc(C4(C(F)(F)F)CC4)no3)c3cnccc13)cn2C1CC1. The highest BCUT2D eigenvalue weighted by Gasteiger charge is 2.66. The van der Waals surface area contributed by atoms with Crippen molar-refractivity contribution in [2.75, 3.05) is 15.5 Å². The van der Waals surface area contributed by atoms with Crippen LogP contribution < -0.4 is 15.5 Å². The number of pyridine rings is 1. The van der Waals surface area contributed by atoms with Crippen molar-refractivity contribution >= 4 is 57.4 Å². The van der Waals surface area contributed by atoms with E-state index in [2.05, 4.69) is 30.7 Å². The lowest BCUT2D eigenvalue weighted by Crippen LogP contribution is -2.40. The van der Waals surface area contributed by atoms with E-state index in [1.165, 1.54) is 12.5 Å². The van der Waals surface area contributed by atoms with Crippen molar-refractivity contribution in [3.63, 3.8) is 0 Å². The van der Waals surface area contributed by atoms with Crippen molar-refractivity contribution in [3.05, 3.63) is 54.9 Å². The molecule has 4 heterocycles. The van der Waals surface area contributed by atoms with E-state index in [1.807, 2.05) is 10.8 Å². The van der Waals surface area contributed by atoms with Crippen LogP contribution in [0.1, 0.15) is 58.2 Å². The number of aromatic nitrogens is 5. The molecular formula is C32H29F3N8O6. The smallest absolute Gasteiger partial charge is 0.425 e. The predicted octanol–water partition coefficient (Wildman–Crippen LogP) is 7.63. The lowest BCUT2D eigenvalue weighted by Gasteiger charge is -2.24. The Kier molecular flexibility index (Phi) is 7.26. The van der Waals surface area contributed by atoms with Gasteiger partial charge in [0.15, 0.2) is 5.82 Å². The minimum atomic E-state index is -4.49. The van der Waals surface area contributed by atoms with Crippen molar-refractivity contribution in [2.45, 2.75) is 69.7 Å². The monoisotopic (exact) mass is 678 g/mol. The maximum Gasteiger partial charge on any atom is 0.425 e. The highest BCUT2D eigenvalue weighted by atomic mass is 19.4. The summed E-state index contributed by atoms with van der Waals surface area (Å²) >= 11 is 0. The second-order valence-corrected chi connectivity index (χ2v) is 13.0. The second kappa shape index (κ2) is 11.2. The van der Waals surface area contributed by atoms with E-state index in [0.717, 1.165) is 18.9 Å². The van der Waals surface area contributed by atoms with Gasteiger partial charge in [-0.25, -0.2) is 24.4 Å². The molecule has 2 saturated carbocycles. The second-order valence-electron chi connectivity index (χ2n) is 13.0. The molecule has 2 aliphatic rings. The topological polar surface area (TPSA) is 178 Å². The van der Waals surface area contributed by atoms with Crippen LogP contribution >= 0.6 is 0 Å². The zero-order valence-electron chi connectivity index (χ0n) is 26.3. The van der Waals surface area contributed by atoms with Crippen LogP contribution in [0.15, 0.2) is 53.7 Å². The number of fused-ring (bicyclic) bond motifs is 2. The van der Waals surface area contributed by atoms with Gasteiger partial charge in [0, 0.05) is 41.6 Å². The Labute approximate surface area is 275 Å². The van der Waals surface area contributed by atoms with Gasteiger partial charge in [0.05, 0.1) is 11.1 Å². The highest BCUT2D eigenvalue weighted by molar-refractivity contribution is 6.18. The quantitative estimate of drug-likeness (QED) is 0.162. The van der Waals surface area contributed by atoms with Crippen LogP contribution in [-0.4, -0.2) is 59.8 Å². The number of nitrogens with zero attached hydrogens (tertiary/aromatic N) is 6. The minimum absolute atomic E-state index is 0.109. The first-order valence-corrected chi connectivity index (χ1v) is 15.3. The number of carboxylic acid groups (broad SMARTS) is 1. The lowest BCUT2D eigenvalue weighted by molar-refractivity contribution is -0.161. The van der Waals surface area contributed by atoms with Crippen molar-refractivity contribution in [3.8, 4) is 11.1 Å². The van der Waals surface area contributed by atoms with Crippen molar-refractivity contribution in [2.24, 2.45) is 0 Å². The maximum atomic E-state index is 13.5. The van der Waals surface area contributed by atoms with Crippen LogP contribution in [0.4, 0.5) is 44.9 Å². The number of hydrogen-bond donors (Lipinski definition) is 3. The van der Waals surface area contributed by atoms with E-state index < -0.39 is 35.4 Å². The number of alkyl halides is 3. The molecule has 0 bridgehead atoms. The maximum absolute atomic E-state index is 13.5. The molecule has 49 heavy (non-hydrogen) atoms. The van der Waals surface area contributed by atoms with Gasteiger partial charge in [0.25, 0.3) is 0 Å². The van der Waals surface area contributed by atoms with Gasteiger partial charge in [0.2, 0.25) is 5.88 Å². The molecule has 0 radical (unpaired) electrons. The van der Waals surface area contributed by atoms with E-state index in [1.54, 1.807) is 45.2 Å². The van der Waals surface area contributed by atoms with E-state index in [9.17, 15) is 32.7 Å². The molecule has 4 amide bonds. The summed E-state index contributed by atoms with van der Waals surface area (Å²) < 4.78 is 52.9. The zero-order chi connectivity index (χ0) is 34.9. The standard InChI is InChI=1S/C32H29F3N8O6/c1-30(2,3)48-29(47)43(28(45)46)26-24-20(14-42(16-4-5-16)25(24)37-15-38-26)17-6-7-21(19-13-36-11-8-18(17)19)39-27(44)40-23-12-22(41-49-23)31(9-10-31)32(33,34)35/h6-8,11-16H,4-5,9-10H2,1-3H3,(H,45,46)(H2,39,40,44). The number of amides is 4. The third-order valence-electron chi connectivity index (χ3n) is 8.40. The number of hydrogen-bond acceptors (Lipinski definition) is 9. The average molecular weight is 679 g/mol. The number of nitrogens with one attached hydrogen (secondary N) is 2. The van der Waals surface area contributed by atoms with Crippen molar-refractivity contribution in [1.82, 2.24) is 24.7 Å². The van der Waals surface area contributed by atoms with E-state index in [-0.39, 0.29) is 36.3 Å². The number of ether oxygens (including phenoxy) is 1. The molecule has 254 valence electrons. The van der Waals surface area contributed by atoms with Gasteiger partial charge in [-0.2, -0.15) is 18.1 Å². The fraction of sp³-hybridized carbons (Fsp3) is 0.344. The number of anilines is 3. The van der Waals surface area contributed by atoms with Crippen LogP contribution in [-0.2, 0) is 10.2 Å². The molecule has 3 N–H and O–H groups in total. The van der Waals surface area contributed by atoms with Crippen molar-refractivity contribution in [1.29, 1.82) is 0 Å². The van der Waals surface area contributed by atoms with Gasteiger partial charge < -0.3 is 24.3 Å². The number of carbonyl (C=O) groups is 3. The largest absolute Gasteiger partial charge is 0.464 e. The Bertz CT molecular complexity index is 2150. The molecule has 4 aromatic heterocycles. The molecule has 14 nitrogen and oxygen atoms in total. The van der Waals surface area contributed by atoms with Crippen molar-refractivity contribution < 1.29 is 41.9 Å². The summed E-state index contributed by atoms with van der Waals surface area (Å²) in [7, 11) is 0. The first-order valence-electron chi connectivity index (χ1n) is 15.3. The Hall–Kier alpha value is -5.74. The summed E-state index contributed by atoms with van der Waals surface area (Å²) in [5, 5.41) is 20.2. The molecule has 0 atom stereocenters. The Morgan fingerprint density at radius 2 is 1.82 bits per heavy atom. The number of urea groups is 1. The van der Waals surface area contributed by atoms with Gasteiger partial charge in [0.1, 0.15) is 28.7 Å². The van der Waals surface area contributed by atoms with Gasteiger partial charge in [-0.1, -0.05) is 11.2 Å². The molecule has 2 aliphatic carbocycles. The fourth-order valence-electron chi connectivity index (χ4n) is 5.81. The number of carbonyl (C=O) groups excluding carboxylic acids is 2. The summed E-state index contributed by atoms with van der Waals surface area (Å²) in [6.07, 6.45) is 0.413. The van der Waals surface area contributed by atoms with Gasteiger partial charge in [-0.05, 0) is 69.5 Å². The molecule has 5 aromatic rings. The Balaban J connectivity index is 1.26. The number of benzene rings is 1. The Morgan fingerprint density at radius 3 is 2.47 bits per heavy atom. The van der Waals surface area contributed by atoms with E-state index in [0.29, 0.717) is 43.5 Å². The summed E-state index contributed by atoms with van der Waals surface area (Å²) in [6, 6.07) is 5.38. The summed E-state index contributed by atoms with van der Waals surface area (Å²) in [5.74, 6) is -0.440. The van der Waals surface area contributed by atoms with Gasteiger partial charge >= 0.3 is 24.4 Å². The molecule has 0 saturated heterocycles. The van der Waals surface area contributed by atoms with E-state index in [4.69, 9.17) is 9.26 Å². The van der Waals surface area contributed by atoms with Gasteiger partial charge in [-0.3, -0.25) is 10.3 Å². The average Bonchev–Trinajstić information content (AvgIpc) is 3.95. The molecule has 0 aliphatic heterocycles. The number of halogens is 3. The van der Waals surface area contributed by atoms with Crippen LogP contribution in [0, 0.1) is 0 Å². The normalized spacial score (nSPS) is 15.6. The van der Waals surface area contributed by atoms with Crippen LogP contribution in [0.2, 0.25) is 0 Å². The third kappa shape index (κ3) is 5.74. The first-order chi connectivity index (χ1) is 23.2. The summed E-state index contributed by atoms with van der Waals surface area (Å²) in [5.41, 5.74) is -1.50. The zero-order valence-corrected chi connectivity index (χ0v) is 26.3. The summed E-state index contributed by atoms with van der Waals surface area (Å²) in [4.78, 5) is 52.0.